The highest BCUT2D eigenvalue weighted by Crippen LogP contribution is 2.25. The summed E-state index contributed by atoms with van der Waals surface area (Å²) in [7, 11) is -4.98. The van der Waals surface area contributed by atoms with Crippen LogP contribution in [0, 0.1) is 0 Å². The van der Waals surface area contributed by atoms with Gasteiger partial charge < -0.3 is 10.6 Å². The Labute approximate surface area is 173 Å². The van der Waals surface area contributed by atoms with Crippen molar-refractivity contribution in [3.8, 4) is 0 Å². The molecule has 0 saturated carbocycles. The lowest BCUT2D eigenvalue weighted by Crippen LogP contribution is -2.46. The molecule has 0 radical (unpaired) electrons. The van der Waals surface area contributed by atoms with Crippen LogP contribution in [0.4, 0.5) is 0 Å². The maximum Gasteiger partial charge on any atom is 0.250 e. The number of aliphatic imine (C=N–C) groups is 1. The Bertz CT molecular complexity index is 810. The van der Waals surface area contributed by atoms with Crippen molar-refractivity contribution in [1.82, 2.24) is 15.4 Å². The van der Waals surface area contributed by atoms with Crippen LogP contribution in [0.2, 0.25) is 4.34 Å². The molecule has 0 aliphatic carbocycles. The van der Waals surface area contributed by atoms with E-state index in [9.17, 15) is 16.8 Å². The lowest BCUT2D eigenvalue weighted by molar-refractivity contribution is 0.581. The fraction of sp³-hybridized carbons (Fsp3) is 0.583. The molecule has 0 spiro atoms. The van der Waals surface area contributed by atoms with Gasteiger partial charge in [0.25, 0.3) is 0 Å². The third kappa shape index (κ3) is 7.17. The van der Waals surface area contributed by atoms with E-state index in [1.165, 1.54) is 12.1 Å². The van der Waals surface area contributed by atoms with Gasteiger partial charge in [-0.15, -0.1) is 35.3 Å². The maximum absolute atomic E-state index is 12.0. The lowest BCUT2D eigenvalue weighted by atomic mass is 10.3. The summed E-state index contributed by atoms with van der Waals surface area (Å²) in [6.45, 7) is 0.457. The molecular weight excluding hydrogens is 523 g/mol. The molecule has 25 heavy (non-hydrogen) atoms. The molecular formula is C12H20ClIN4O4S3. The minimum Gasteiger partial charge on any atom is -0.355 e. The molecule has 13 heteroatoms. The number of hydrogen-bond donors (Lipinski definition) is 3. The molecule has 0 bridgehead atoms. The number of hydrogen-bond acceptors (Lipinski definition) is 6. The third-order valence-corrected chi connectivity index (χ3v) is 8.27. The zero-order valence-corrected chi connectivity index (χ0v) is 18.9. The van der Waals surface area contributed by atoms with E-state index in [0.717, 1.165) is 11.3 Å². The molecule has 0 aromatic carbocycles. The predicted octanol–water partition coefficient (Wildman–Crippen LogP) is 0.650. The standard InChI is InChI=1S/C12H19ClN4O4S3.HI/c1-14-12(17-9-4-7-23(18,19)8-9)15-5-6-16-24(20,21)11-3-2-10(13)22-11;/h2-3,9,16H,4-8H2,1H3,(H2,14,15,17);1H. The Kier molecular flexibility index (Phi) is 8.87. The minimum absolute atomic E-state index is 0. The van der Waals surface area contributed by atoms with Crippen LogP contribution in [0.3, 0.4) is 0 Å². The monoisotopic (exact) mass is 542 g/mol. The van der Waals surface area contributed by atoms with Crippen LogP contribution in [-0.4, -0.2) is 60.5 Å². The highest BCUT2D eigenvalue weighted by molar-refractivity contribution is 14.0. The van der Waals surface area contributed by atoms with Crippen molar-refractivity contribution in [3.05, 3.63) is 16.5 Å². The Morgan fingerprint density at radius 3 is 2.64 bits per heavy atom. The molecule has 1 aromatic rings. The lowest BCUT2D eigenvalue weighted by Gasteiger charge is -2.16. The van der Waals surface area contributed by atoms with E-state index < -0.39 is 19.9 Å². The summed E-state index contributed by atoms with van der Waals surface area (Å²) in [5.41, 5.74) is 0. The molecule has 1 atom stereocenters. The Hall–Kier alpha value is -0.150. The summed E-state index contributed by atoms with van der Waals surface area (Å²) in [6, 6.07) is 2.80. The van der Waals surface area contributed by atoms with Gasteiger partial charge in [-0.3, -0.25) is 4.99 Å². The molecule has 1 aliphatic rings. The van der Waals surface area contributed by atoms with Crippen LogP contribution in [0.25, 0.3) is 0 Å². The second kappa shape index (κ2) is 9.69. The predicted molar refractivity (Wildman–Crippen MR) is 111 cm³/mol. The molecule has 2 rings (SSSR count). The summed E-state index contributed by atoms with van der Waals surface area (Å²) in [5.74, 6) is 0.695. The first-order valence-corrected chi connectivity index (χ1v) is 11.6. The van der Waals surface area contributed by atoms with Crippen molar-refractivity contribution < 1.29 is 16.8 Å². The second-order valence-corrected chi connectivity index (χ2v) is 11.1. The quantitative estimate of drug-likeness (QED) is 0.210. The normalized spacial score (nSPS) is 20.1. The summed E-state index contributed by atoms with van der Waals surface area (Å²) in [5, 5.41) is 5.97. The van der Waals surface area contributed by atoms with Gasteiger partial charge in [0, 0.05) is 26.2 Å². The molecule has 1 fully saturated rings. The van der Waals surface area contributed by atoms with Gasteiger partial charge in [0.05, 0.1) is 15.8 Å². The molecule has 1 aliphatic heterocycles. The van der Waals surface area contributed by atoms with Gasteiger partial charge in [0.1, 0.15) is 4.21 Å². The third-order valence-electron chi connectivity index (χ3n) is 3.32. The number of halogens is 2. The van der Waals surface area contributed by atoms with Crippen molar-refractivity contribution in [2.24, 2.45) is 4.99 Å². The van der Waals surface area contributed by atoms with Gasteiger partial charge in [0.2, 0.25) is 10.0 Å². The van der Waals surface area contributed by atoms with E-state index in [4.69, 9.17) is 11.6 Å². The highest BCUT2D eigenvalue weighted by atomic mass is 127. The Balaban J connectivity index is 0.00000312. The van der Waals surface area contributed by atoms with E-state index in [1.54, 1.807) is 7.05 Å². The first kappa shape index (κ1) is 22.9. The molecule has 3 N–H and O–H groups in total. The molecule has 1 saturated heterocycles. The van der Waals surface area contributed by atoms with E-state index in [-0.39, 0.29) is 52.3 Å². The number of thiophene rings is 1. The van der Waals surface area contributed by atoms with Crippen molar-refractivity contribution >= 4 is 72.7 Å². The molecule has 1 unspecified atom stereocenters. The van der Waals surface area contributed by atoms with Crippen LogP contribution in [0.15, 0.2) is 21.3 Å². The van der Waals surface area contributed by atoms with Crippen LogP contribution >= 0.6 is 46.9 Å². The van der Waals surface area contributed by atoms with Crippen molar-refractivity contribution in [3.63, 3.8) is 0 Å². The summed E-state index contributed by atoms with van der Waals surface area (Å²) in [6.07, 6.45) is 0.537. The zero-order valence-electron chi connectivity index (χ0n) is 13.4. The molecule has 0 amide bonds. The van der Waals surface area contributed by atoms with Crippen molar-refractivity contribution in [1.29, 1.82) is 0 Å². The number of sulfonamides is 1. The first-order valence-electron chi connectivity index (χ1n) is 7.14. The van der Waals surface area contributed by atoms with E-state index in [1.807, 2.05) is 0 Å². The van der Waals surface area contributed by atoms with Gasteiger partial charge in [-0.05, 0) is 18.6 Å². The number of rotatable bonds is 6. The molecule has 144 valence electrons. The van der Waals surface area contributed by atoms with Crippen LogP contribution < -0.4 is 15.4 Å². The SMILES string of the molecule is CN=C(NCCNS(=O)(=O)c1ccc(Cl)s1)NC1CCS(=O)(=O)C1.I. The summed E-state index contributed by atoms with van der Waals surface area (Å²) >= 11 is 6.72. The number of sulfone groups is 1. The molecule has 1 aromatic heterocycles. The van der Waals surface area contributed by atoms with Gasteiger partial charge in [-0.2, -0.15) is 0 Å². The topological polar surface area (TPSA) is 117 Å². The maximum atomic E-state index is 12.0. The fourth-order valence-electron chi connectivity index (χ4n) is 2.18. The van der Waals surface area contributed by atoms with E-state index in [0.29, 0.717) is 23.3 Å². The Morgan fingerprint density at radius 1 is 1.40 bits per heavy atom. The van der Waals surface area contributed by atoms with Gasteiger partial charge in [-0.25, -0.2) is 21.6 Å². The molecule has 2 heterocycles. The number of guanidine groups is 1. The van der Waals surface area contributed by atoms with E-state index >= 15 is 0 Å². The summed E-state index contributed by atoms with van der Waals surface area (Å²) in [4.78, 5) is 4.00. The zero-order chi connectivity index (χ0) is 17.8. The Morgan fingerprint density at radius 2 is 2.12 bits per heavy atom. The molecule has 8 nitrogen and oxygen atoms in total. The average molecular weight is 543 g/mol. The number of nitrogens with one attached hydrogen (secondary N) is 3. The fourth-order valence-corrected chi connectivity index (χ4v) is 6.41. The average Bonchev–Trinajstić information content (AvgIpc) is 3.08. The first-order chi connectivity index (χ1) is 11.2. The summed E-state index contributed by atoms with van der Waals surface area (Å²) < 4.78 is 49.9. The number of nitrogens with zero attached hydrogens (tertiary/aromatic N) is 1. The van der Waals surface area contributed by atoms with E-state index in [2.05, 4.69) is 20.3 Å². The second-order valence-electron chi connectivity index (χ2n) is 5.20. The van der Waals surface area contributed by atoms with Gasteiger partial charge in [0.15, 0.2) is 15.8 Å². The minimum atomic E-state index is -3.58. The van der Waals surface area contributed by atoms with Crippen LogP contribution in [-0.2, 0) is 19.9 Å². The van der Waals surface area contributed by atoms with Gasteiger partial charge in [-0.1, -0.05) is 11.6 Å². The van der Waals surface area contributed by atoms with Crippen molar-refractivity contribution in [2.45, 2.75) is 16.7 Å². The highest BCUT2D eigenvalue weighted by Gasteiger charge is 2.28. The van der Waals surface area contributed by atoms with Crippen LogP contribution in [0.1, 0.15) is 6.42 Å². The van der Waals surface area contributed by atoms with Crippen molar-refractivity contribution in [2.75, 3.05) is 31.6 Å². The largest absolute Gasteiger partial charge is 0.355 e. The smallest absolute Gasteiger partial charge is 0.250 e. The van der Waals surface area contributed by atoms with Gasteiger partial charge >= 0.3 is 0 Å². The van der Waals surface area contributed by atoms with Crippen LogP contribution in [0.5, 0.6) is 0 Å².